The molecule has 1 saturated heterocycles. The molecule has 0 unspecified atom stereocenters. The number of hydrogen-bond acceptors (Lipinski definition) is 6. The van der Waals surface area contributed by atoms with Crippen LogP contribution in [0.5, 0.6) is 11.5 Å². The SMILES string of the molecule is COc1ccc(CN2C(=O)/C(=C/c3cc(I)c(OCc4ccccc4C#N)c(I)c3)SC2=Nc2ccccc2)cc1. The van der Waals surface area contributed by atoms with Crippen LogP contribution in [-0.2, 0) is 17.9 Å². The van der Waals surface area contributed by atoms with Gasteiger partial charge in [-0.2, -0.15) is 5.26 Å². The third-order valence-corrected chi connectivity index (χ3v) is 8.81. The fourth-order valence-electron chi connectivity index (χ4n) is 4.11. The summed E-state index contributed by atoms with van der Waals surface area (Å²) in [5, 5.41) is 10.0. The zero-order valence-electron chi connectivity index (χ0n) is 21.9. The van der Waals surface area contributed by atoms with Gasteiger partial charge in [0.2, 0.25) is 0 Å². The van der Waals surface area contributed by atoms with E-state index in [-0.39, 0.29) is 5.91 Å². The van der Waals surface area contributed by atoms with E-state index in [9.17, 15) is 10.1 Å². The van der Waals surface area contributed by atoms with Gasteiger partial charge < -0.3 is 9.47 Å². The van der Waals surface area contributed by atoms with Crippen LogP contribution < -0.4 is 9.47 Å². The predicted octanol–water partition coefficient (Wildman–Crippen LogP) is 8.16. The van der Waals surface area contributed by atoms with Crippen molar-refractivity contribution in [2.24, 2.45) is 4.99 Å². The normalized spacial score (nSPS) is 14.9. The number of para-hydroxylation sites is 1. The minimum atomic E-state index is -0.0982. The Bertz CT molecular complexity index is 1660. The van der Waals surface area contributed by atoms with Gasteiger partial charge >= 0.3 is 0 Å². The highest BCUT2D eigenvalue weighted by molar-refractivity contribution is 14.1. The number of hydrogen-bond donors (Lipinski definition) is 0. The molecule has 9 heteroatoms. The van der Waals surface area contributed by atoms with E-state index >= 15 is 0 Å². The molecular formula is C32H23I2N3O3S. The van der Waals surface area contributed by atoms with Gasteiger partial charge in [0.15, 0.2) is 5.17 Å². The van der Waals surface area contributed by atoms with Gasteiger partial charge in [-0.05, 0) is 117 Å². The average Bonchev–Trinajstić information content (AvgIpc) is 3.26. The van der Waals surface area contributed by atoms with Gasteiger partial charge in [-0.1, -0.05) is 48.5 Å². The van der Waals surface area contributed by atoms with Crippen LogP contribution in [0.4, 0.5) is 5.69 Å². The average molecular weight is 783 g/mol. The van der Waals surface area contributed by atoms with Crippen LogP contribution in [0, 0.1) is 18.5 Å². The van der Waals surface area contributed by atoms with Crippen molar-refractivity contribution in [2.75, 3.05) is 7.11 Å². The summed E-state index contributed by atoms with van der Waals surface area (Å²) in [6, 6.07) is 30.9. The first-order chi connectivity index (χ1) is 19.9. The van der Waals surface area contributed by atoms with Crippen molar-refractivity contribution in [3.63, 3.8) is 0 Å². The maximum atomic E-state index is 13.7. The Morgan fingerprint density at radius 2 is 1.66 bits per heavy atom. The lowest BCUT2D eigenvalue weighted by Gasteiger charge is -2.16. The Morgan fingerprint density at radius 3 is 2.34 bits per heavy atom. The molecule has 4 aromatic rings. The molecular weight excluding hydrogens is 760 g/mol. The summed E-state index contributed by atoms with van der Waals surface area (Å²) < 4.78 is 13.2. The number of aliphatic imine (C=N–C) groups is 1. The number of carbonyl (C=O) groups is 1. The van der Waals surface area contributed by atoms with Crippen LogP contribution in [0.25, 0.3) is 6.08 Å². The Kier molecular flexibility index (Phi) is 9.64. The number of thioether (sulfide) groups is 1. The number of rotatable bonds is 8. The van der Waals surface area contributed by atoms with Gasteiger partial charge in [0.1, 0.15) is 18.1 Å². The first-order valence-corrected chi connectivity index (χ1v) is 15.5. The lowest BCUT2D eigenvalue weighted by Crippen LogP contribution is -2.28. The van der Waals surface area contributed by atoms with Crippen LogP contribution in [0.1, 0.15) is 22.3 Å². The summed E-state index contributed by atoms with van der Waals surface area (Å²) in [5.41, 5.74) is 4.09. The van der Waals surface area contributed by atoms with E-state index in [1.54, 1.807) is 18.1 Å². The molecule has 0 radical (unpaired) electrons. The molecule has 0 bridgehead atoms. The Morgan fingerprint density at radius 1 is 0.976 bits per heavy atom. The quantitative estimate of drug-likeness (QED) is 0.133. The van der Waals surface area contributed by atoms with E-state index in [0.717, 1.165) is 41.0 Å². The molecule has 1 amide bonds. The Hall–Kier alpha value is -3.34. The van der Waals surface area contributed by atoms with Crippen LogP contribution in [0.2, 0.25) is 0 Å². The maximum absolute atomic E-state index is 13.7. The predicted molar refractivity (Wildman–Crippen MR) is 180 cm³/mol. The second-order valence-electron chi connectivity index (χ2n) is 8.95. The Labute approximate surface area is 270 Å². The number of amides is 1. The van der Waals surface area contributed by atoms with Crippen LogP contribution in [0.15, 0.2) is 101 Å². The second kappa shape index (κ2) is 13.5. The molecule has 1 fully saturated rings. The molecule has 204 valence electrons. The molecule has 41 heavy (non-hydrogen) atoms. The van der Waals surface area contributed by atoms with Crippen molar-refractivity contribution in [1.82, 2.24) is 4.90 Å². The maximum Gasteiger partial charge on any atom is 0.267 e. The molecule has 6 nitrogen and oxygen atoms in total. The number of carbonyl (C=O) groups excluding carboxylic acids is 1. The molecule has 5 rings (SSSR count). The summed E-state index contributed by atoms with van der Waals surface area (Å²) in [7, 11) is 1.63. The standard InChI is InChI=1S/C32H23I2N3O3S/c1-39-26-13-11-21(12-14-26)19-37-31(38)29(41-32(37)36-25-9-3-2-4-10-25)17-22-15-27(33)30(28(34)16-22)40-20-24-8-6-5-7-23(24)18-35/h2-17H,19-20H2,1H3/b29-17-,36-32?. The van der Waals surface area contributed by atoms with Crippen molar-refractivity contribution in [3.8, 4) is 17.6 Å². The van der Waals surface area contributed by atoms with E-state index in [1.165, 1.54) is 11.8 Å². The highest BCUT2D eigenvalue weighted by Gasteiger charge is 2.33. The molecule has 1 aliphatic heterocycles. The molecule has 0 aliphatic carbocycles. The summed E-state index contributed by atoms with van der Waals surface area (Å²) in [4.78, 5) is 20.8. The van der Waals surface area contributed by atoms with Gasteiger partial charge in [0.25, 0.3) is 5.91 Å². The molecule has 0 saturated carbocycles. The number of ether oxygens (including phenoxy) is 2. The van der Waals surface area contributed by atoms with Crippen molar-refractivity contribution >= 4 is 79.8 Å². The van der Waals surface area contributed by atoms with Crippen molar-refractivity contribution in [3.05, 3.63) is 125 Å². The zero-order chi connectivity index (χ0) is 28.8. The number of amidine groups is 1. The minimum Gasteiger partial charge on any atom is -0.497 e. The number of nitrogens with zero attached hydrogens (tertiary/aromatic N) is 3. The van der Waals surface area contributed by atoms with E-state index in [1.807, 2.05) is 91.0 Å². The molecule has 0 N–H and O–H groups in total. The number of halogens is 2. The van der Waals surface area contributed by atoms with Crippen LogP contribution >= 0.6 is 56.9 Å². The summed E-state index contributed by atoms with van der Waals surface area (Å²) >= 11 is 5.86. The van der Waals surface area contributed by atoms with Crippen LogP contribution in [0.3, 0.4) is 0 Å². The Balaban J connectivity index is 1.41. The number of methoxy groups -OCH3 is 1. The summed E-state index contributed by atoms with van der Waals surface area (Å²) in [6.07, 6.45) is 1.90. The van der Waals surface area contributed by atoms with Crippen molar-refractivity contribution in [2.45, 2.75) is 13.2 Å². The fourth-order valence-corrected chi connectivity index (χ4v) is 7.24. The number of nitriles is 1. The topological polar surface area (TPSA) is 74.9 Å². The second-order valence-corrected chi connectivity index (χ2v) is 12.3. The lowest BCUT2D eigenvalue weighted by molar-refractivity contribution is -0.122. The molecule has 1 heterocycles. The third kappa shape index (κ3) is 7.12. The first-order valence-electron chi connectivity index (χ1n) is 12.5. The molecule has 0 spiro atoms. The minimum absolute atomic E-state index is 0.0982. The van der Waals surface area contributed by atoms with Gasteiger partial charge in [-0.3, -0.25) is 9.69 Å². The summed E-state index contributed by atoms with van der Waals surface area (Å²) in [5.74, 6) is 1.42. The highest BCUT2D eigenvalue weighted by Crippen LogP contribution is 2.37. The van der Waals surface area contributed by atoms with Crippen molar-refractivity contribution in [1.29, 1.82) is 5.26 Å². The van der Waals surface area contributed by atoms with Gasteiger partial charge in [0, 0.05) is 5.56 Å². The largest absolute Gasteiger partial charge is 0.497 e. The monoisotopic (exact) mass is 783 g/mol. The lowest BCUT2D eigenvalue weighted by atomic mass is 10.1. The van der Waals surface area contributed by atoms with E-state index in [4.69, 9.17) is 14.5 Å². The van der Waals surface area contributed by atoms with Crippen molar-refractivity contribution < 1.29 is 14.3 Å². The van der Waals surface area contributed by atoms with Crippen LogP contribution in [-0.4, -0.2) is 23.1 Å². The molecule has 4 aromatic carbocycles. The zero-order valence-corrected chi connectivity index (χ0v) is 27.0. The number of benzene rings is 4. The van der Waals surface area contributed by atoms with Gasteiger partial charge in [-0.15, -0.1) is 0 Å². The third-order valence-electron chi connectivity index (χ3n) is 6.20. The first kappa shape index (κ1) is 29.2. The van der Waals surface area contributed by atoms with Gasteiger partial charge in [-0.25, -0.2) is 4.99 Å². The molecule has 0 aromatic heterocycles. The molecule has 0 atom stereocenters. The van der Waals surface area contributed by atoms with E-state index in [0.29, 0.717) is 28.8 Å². The van der Waals surface area contributed by atoms with E-state index in [2.05, 4.69) is 51.3 Å². The fraction of sp³-hybridized carbons (Fsp3) is 0.0938. The van der Waals surface area contributed by atoms with E-state index < -0.39 is 0 Å². The smallest absolute Gasteiger partial charge is 0.267 e. The van der Waals surface area contributed by atoms with Gasteiger partial charge in [0.05, 0.1) is 43.0 Å². The molecule has 1 aliphatic rings. The highest BCUT2D eigenvalue weighted by atomic mass is 127. The summed E-state index contributed by atoms with van der Waals surface area (Å²) in [6.45, 7) is 0.689.